The number of esters is 1. The highest BCUT2D eigenvalue weighted by atomic mass is 127. The lowest BCUT2D eigenvalue weighted by Crippen LogP contribution is -2.32. The second-order valence-corrected chi connectivity index (χ2v) is 6.62. The summed E-state index contributed by atoms with van der Waals surface area (Å²) < 4.78 is 8.51. The van der Waals surface area contributed by atoms with E-state index in [0.29, 0.717) is 5.56 Å². The van der Waals surface area contributed by atoms with Crippen LogP contribution >= 0.6 is 22.6 Å². The van der Waals surface area contributed by atoms with Crippen LogP contribution in [0.3, 0.4) is 0 Å². The lowest BCUT2D eigenvalue weighted by Gasteiger charge is -2.06. The lowest BCUT2D eigenvalue weighted by molar-refractivity contribution is -0.660. The standard InChI is InChI=1S/C20H17INO2/c1-22-13-16(20(23)24-14-15-7-3-2-4-8-15)11-12-19(22)17-9-5-6-10-18(17)21/h2-13H,14H2,1H3/q+1. The summed E-state index contributed by atoms with van der Waals surface area (Å²) in [4.78, 5) is 12.2. The van der Waals surface area contributed by atoms with Crippen LogP contribution in [-0.4, -0.2) is 5.97 Å². The molecule has 24 heavy (non-hydrogen) atoms. The highest BCUT2D eigenvalue weighted by Crippen LogP contribution is 2.22. The van der Waals surface area contributed by atoms with Gasteiger partial charge in [-0.1, -0.05) is 42.5 Å². The molecular weight excluding hydrogens is 413 g/mol. The van der Waals surface area contributed by atoms with Crippen molar-refractivity contribution in [1.82, 2.24) is 0 Å². The Morgan fingerprint density at radius 3 is 2.42 bits per heavy atom. The van der Waals surface area contributed by atoms with Crippen LogP contribution in [0.25, 0.3) is 11.3 Å². The van der Waals surface area contributed by atoms with Gasteiger partial charge in [-0.2, -0.15) is 0 Å². The van der Waals surface area contributed by atoms with E-state index in [1.54, 1.807) is 0 Å². The maximum absolute atomic E-state index is 12.2. The molecule has 2 aromatic carbocycles. The van der Waals surface area contributed by atoms with Crippen LogP contribution in [0.5, 0.6) is 0 Å². The molecule has 0 saturated heterocycles. The fourth-order valence-electron chi connectivity index (χ4n) is 2.48. The maximum atomic E-state index is 12.2. The number of carbonyl (C=O) groups excluding carboxylic acids is 1. The van der Waals surface area contributed by atoms with E-state index in [0.717, 1.165) is 16.8 Å². The number of hydrogen-bond donors (Lipinski definition) is 0. The predicted molar refractivity (Wildman–Crippen MR) is 101 cm³/mol. The van der Waals surface area contributed by atoms with Crippen molar-refractivity contribution in [2.45, 2.75) is 6.61 Å². The second kappa shape index (κ2) is 7.57. The average molecular weight is 430 g/mol. The van der Waals surface area contributed by atoms with Gasteiger partial charge in [0.05, 0.1) is 5.56 Å². The van der Waals surface area contributed by atoms with Crippen LogP contribution in [0.2, 0.25) is 0 Å². The predicted octanol–water partition coefficient (Wildman–Crippen LogP) is 4.14. The van der Waals surface area contributed by atoms with Gasteiger partial charge in [0, 0.05) is 9.64 Å². The summed E-state index contributed by atoms with van der Waals surface area (Å²) in [6.45, 7) is 0.279. The molecule has 0 amide bonds. The van der Waals surface area contributed by atoms with Crippen molar-refractivity contribution in [2.75, 3.05) is 0 Å². The number of hydrogen-bond acceptors (Lipinski definition) is 2. The summed E-state index contributed by atoms with van der Waals surface area (Å²) in [7, 11) is 1.94. The third-order valence-electron chi connectivity index (χ3n) is 3.73. The van der Waals surface area contributed by atoms with E-state index in [2.05, 4.69) is 34.7 Å². The molecule has 0 radical (unpaired) electrons. The van der Waals surface area contributed by atoms with Crippen molar-refractivity contribution in [3.63, 3.8) is 0 Å². The van der Waals surface area contributed by atoms with Gasteiger partial charge >= 0.3 is 5.97 Å². The summed E-state index contributed by atoms with van der Waals surface area (Å²) in [6, 6.07) is 21.6. The van der Waals surface area contributed by atoms with Crippen molar-refractivity contribution in [1.29, 1.82) is 0 Å². The Morgan fingerprint density at radius 2 is 1.71 bits per heavy atom. The quantitative estimate of drug-likeness (QED) is 0.354. The topological polar surface area (TPSA) is 30.2 Å². The van der Waals surface area contributed by atoms with Crippen LogP contribution in [-0.2, 0) is 18.4 Å². The third-order valence-corrected chi connectivity index (χ3v) is 4.67. The molecule has 0 aliphatic heterocycles. The van der Waals surface area contributed by atoms with Crippen molar-refractivity contribution in [3.05, 3.63) is 87.6 Å². The van der Waals surface area contributed by atoms with Crippen LogP contribution in [0.1, 0.15) is 15.9 Å². The van der Waals surface area contributed by atoms with Crippen LogP contribution in [0.15, 0.2) is 72.9 Å². The first-order valence-electron chi connectivity index (χ1n) is 7.61. The minimum absolute atomic E-state index is 0.279. The number of ether oxygens (including phenoxy) is 1. The number of pyridine rings is 1. The molecule has 120 valence electrons. The molecule has 3 aromatic rings. The van der Waals surface area contributed by atoms with E-state index in [4.69, 9.17) is 4.74 Å². The first kappa shape index (κ1) is 16.6. The van der Waals surface area contributed by atoms with Gasteiger partial charge in [0.15, 0.2) is 6.20 Å². The SMILES string of the molecule is C[n+]1cc(C(=O)OCc2ccccc2)ccc1-c1ccccc1I. The van der Waals surface area contributed by atoms with E-state index in [1.165, 1.54) is 3.57 Å². The molecule has 0 fully saturated rings. The number of rotatable bonds is 4. The minimum atomic E-state index is -0.316. The van der Waals surface area contributed by atoms with Gasteiger partial charge in [-0.25, -0.2) is 9.36 Å². The van der Waals surface area contributed by atoms with Crippen molar-refractivity contribution >= 4 is 28.6 Å². The first-order valence-corrected chi connectivity index (χ1v) is 8.68. The van der Waals surface area contributed by atoms with Crippen molar-refractivity contribution in [3.8, 4) is 11.3 Å². The molecule has 1 heterocycles. The lowest BCUT2D eigenvalue weighted by atomic mass is 10.1. The average Bonchev–Trinajstić information content (AvgIpc) is 2.61. The number of aryl methyl sites for hydroxylation is 1. The summed E-state index contributed by atoms with van der Waals surface area (Å²) in [5, 5.41) is 0. The Hall–Kier alpha value is -2.21. The highest BCUT2D eigenvalue weighted by Gasteiger charge is 2.17. The Bertz CT molecular complexity index is 863. The van der Waals surface area contributed by atoms with Gasteiger partial charge in [0.2, 0.25) is 5.69 Å². The molecule has 4 heteroatoms. The van der Waals surface area contributed by atoms with E-state index >= 15 is 0 Å². The van der Waals surface area contributed by atoms with Crippen LogP contribution in [0.4, 0.5) is 0 Å². The summed E-state index contributed by atoms with van der Waals surface area (Å²) in [5.74, 6) is -0.316. The van der Waals surface area contributed by atoms with Crippen LogP contribution < -0.4 is 4.57 Å². The molecule has 1 aromatic heterocycles. The van der Waals surface area contributed by atoms with Gasteiger partial charge in [-0.15, -0.1) is 0 Å². The molecule has 3 rings (SSSR count). The third kappa shape index (κ3) is 3.82. The molecule has 0 unspecified atom stereocenters. The number of nitrogens with zero attached hydrogens (tertiary/aromatic N) is 1. The number of aromatic nitrogens is 1. The van der Waals surface area contributed by atoms with Gasteiger partial charge in [-0.05, 0) is 46.4 Å². The zero-order valence-electron chi connectivity index (χ0n) is 13.3. The van der Waals surface area contributed by atoms with Crippen molar-refractivity contribution in [2.24, 2.45) is 7.05 Å². The maximum Gasteiger partial charge on any atom is 0.344 e. The molecule has 0 aliphatic rings. The van der Waals surface area contributed by atoms with E-state index in [-0.39, 0.29) is 12.6 Å². The summed E-state index contributed by atoms with van der Waals surface area (Å²) in [6.07, 6.45) is 1.81. The van der Waals surface area contributed by atoms with Crippen LogP contribution in [0, 0.1) is 3.57 Å². The monoisotopic (exact) mass is 430 g/mol. The van der Waals surface area contributed by atoms with E-state index < -0.39 is 0 Å². The smallest absolute Gasteiger partial charge is 0.344 e. The fourth-order valence-corrected chi connectivity index (χ4v) is 3.15. The number of benzene rings is 2. The fraction of sp³-hybridized carbons (Fsp3) is 0.100. The summed E-state index contributed by atoms with van der Waals surface area (Å²) >= 11 is 2.32. The van der Waals surface area contributed by atoms with Crippen molar-refractivity contribution < 1.29 is 14.1 Å². The molecule has 0 saturated carbocycles. The largest absolute Gasteiger partial charge is 0.457 e. The molecule has 0 spiro atoms. The Morgan fingerprint density at radius 1 is 1.00 bits per heavy atom. The molecular formula is C20H17INO2+. The minimum Gasteiger partial charge on any atom is -0.457 e. The summed E-state index contributed by atoms with van der Waals surface area (Å²) in [5.41, 5.74) is 3.72. The first-order chi connectivity index (χ1) is 11.6. The van der Waals surface area contributed by atoms with Gasteiger partial charge in [-0.3, -0.25) is 0 Å². The second-order valence-electron chi connectivity index (χ2n) is 5.46. The van der Waals surface area contributed by atoms with Gasteiger partial charge in [0.1, 0.15) is 19.2 Å². The highest BCUT2D eigenvalue weighted by molar-refractivity contribution is 14.1. The molecule has 0 N–H and O–H groups in total. The van der Waals surface area contributed by atoms with Gasteiger partial charge < -0.3 is 4.74 Å². The van der Waals surface area contributed by atoms with Gasteiger partial charge in [0.25, 0.3) is 0 Å². The molecule has 0 aliphatic carbocycles. The molecule has 0 bridgehead atoms. The Kier molecular flexibility index (Phi) is 5.25. The zero-order chi connectivity index (χ0) is 16.9. The number of halogens is 1. The van der Waals surface area contributed by atoms with E-state index in [1.807, 2.05) is 72.4 Å². The Labute approximate surface area is 155 Å². The van der Waals surface area contributed by atoms with E-state index in [9.17, 15) is 4.79 Å². The zero-order valence-corrected chi connectivity index (χ0v) is 15.4. The molecule has 3 nitrogen and oxygen atoms in total. The number of carbonyl (C=O) groups is 1. The molecule has 0 atom stereocenters. The normalized spacial score (nSPS) is 10.4. The Balaban J connectivity index is 1.77.